The molecule has 1 N–H and O–H groups in total. The fourth-order valence-corrected chi connectivity index (χ4v) is 3.40. The third-order valence-electron chi connectivity index (χ3n) is 4.95. The Labute approximate surface area is 131 Å². The molecule has 3 heterocycles. The van der Waals surface area contributed by atoms with Crippen molar-refractivity contribution >= 4 is 11.7 Å². The second kappa shape index (κ2) is 6.65. The summed E-state index contributed by atoms with van der Waals surface area (Å²) in [5, 5.41) is 9.35. The Kier molecular flexibility index (Phi) is 4.62. The molecule has 0 bridgehead atoms. The zero-order valence-electron chi connectivity index (χ0n) is 13.2. The number of hydrogen-bond acceptors (Lipinski definition) is 4. The van der Waals surface area contributed by atoms with Crippen LogP contribution in [0.1, 0.15) is 43.0 Å². The number of hydrogen-bond donors (Lipinski definition) is 1. The van der Waals surface area contributed by atoms with Crippen LogP contribution >= 0.6 is 0 Å². The van der Waals surface area contributed by atoms with Gasteiger partial charge in [-0.15, -0.1) is 0 Å². The summed E-state index contributed by atoms with van der Waals surface area (Å²) in [4.78, 5) is 21.1. The molecule has 0 aromatic carbocycles. The highest BCUT2D eigenvalue weighted by Crippen LogP contribution is 2.23. The Morgan fingerprint density at radius 2 is 2.05 bits per heavy atom. The van der Waals surface area contributed by atoms with Gasteiger partial charge in [0.2, 0.25) is 0 Å². The topological polar surface area (TPSA) is 56.7 Å². The van der Waals surface area contributed by atoms with Crippen LogP contribution in [-0.4, -0.2) is 53.2 Å². The Balaban J connectivity index is 1.67. The maximum Gasteiger partial charge on any atom is 0.255 e. The first-order chi connectivity index (χ1) is 10.7. The van der Waals surface area contributed by atoms with E-state index in [0.29, 0.717) is 5.56 Å². The first-order valence-electron chi connectivity index (χ1n) is 8.32. The van der Waals surface area contributed by atoms with E-state index in [-0.39, 0.29) is 18.6 Å². The number of aliphatic hydroxyl groups is 1. The van der Waals surface area contributed by atoms with Crippen LogP contribution in [0.15, 0.2) is 18.3 Å². The number of pyridine rings is 1. The summed E-state index contributed by atoms with van der Waals surface area (Å²) >= 11 is 0. The lowest BCUT2D eigenvalue weighted by Gasteiger charge is -2.31. The van der Waals surface area contributed by atoms with Crippen LogP contribution in [-0.2, 0) is 0 Å². The van der Waals surface area contributed by atoms with Gasteiger partial charge in [-0.2, -0.15) is 0 Å². The average Bonchev–Trinajstić information content (AvgIpc) is 3.04. The molecule has 22 heavy (non-hydrogen) atoms. The number of piperidine rings is 1. The van der Waals surface area contributed by atoms with E-state index in [1.807, 2.05) is 12.1 Å². The molecule has 2 saturated heterocycles. The predicted molar refractivity (Wildman–Crippen MR) is 86.0 cm³/mol. The quantitative estimate of drug-likeness (QED) is 0.927. The summed E-state index contributed by atoms with van der Waals surface area (Å²) < 4.78 is 0. The number of carbonyl (C=O) groups is 1. The molecule has 5 nitrogen and oxygen atoms in total. The van der Waals surface area contributed by atoms with E-state index >= 15 is 0 Å². The number of anilines is 1. The molecule has 1 atom stereocenters. The van der Waals surface area contributed by atoms with Crippen molar-refractivity contribution in [1.29, 1.82) is 0 Å². The highest BCUT2D eigenvalue weighted by molar-refractivity contribution is 5.94. The lowest BCUT2D eigenvalue weighted by Crippen LogP contribution is -2.37. The normalized spacial score (nSPS) is 23.1. The van der Waals surface area contributed by atoms with E-state index in [9.17, 15) is 9.90 Å². The van der Waals surface area contributed by atoms with Crippen molar-refractivity contribution in [2.24, 2.45) is 5.92 Å². The minimum absolute atomic E-state index is 0.0112. The van der Waals surface area contributed by atoms with Crippen molar-refractivity contribution in [3.8, 4) is 0 Å². The number of carbonyl (C=O) groups excluding carboxylic acids is 1. The number of aromatic nitrogens is 1. The lowest BCUT2D eigenvalue weighted by atomic mass is 9.99. The van der Waals surface area contributed by atoms with Crippen molar-refractivity contribution in [2.45, 2.75) is 38.6 Å². The van der Waals surface area contributed by atoms with Crippen molar-refractivity contribution in [3.05, 3.63) is 23.9 Å². The first-order valence-corrected chi connectivity index (χ1v) is 8.32. The molecular formula is C17H25N3O2. The minimum Gasteiger partial charge on any atom is -0.394 e. The van der Waals surface area contributed by atoms with Gasteiger partial charge in [0.1, 0.15) is 5.82 Å². The van der Waals surface area contributed by atoms with Crippen LogP contribution < -0.4 is 4.90 Å². The predicted octanol–water partition coefficient (Wildman–Crippen LogP) is 1.91. The first kappa shape index (κ1) is 15.3. The zero-order valence-corrected chi connectivity index (χ0v) is 13.2. The molecule has 2 aliphatic heterocycles. The largest absolute Gasteiger partial charge is 0.394 e. The fraction of sp³-hybridized carbons (Fsp3) is 0.647. The number of aliphatic hydroxyl groups excluding tert-OH is 1. The second-order valence-electron chi connectivity index (χ2n) is 6.55. The Hall–Kier alpha value is -1.62. The second-order valence-corrected chi connectivity index (χ2v) is 6.55. The highest BCUT2D eigenvalue weighted by Gasteiger charge is 2.29. The maximum absolute atomic E-state index is 12.5. The molecule has 0 radical (unpaired) electrons. The number of amides is 1. The molecule has 1 aromatic rings. The van der Waals surface area contributed by atoms with E-state index in [1.165, 1.54) is 12.8 Å². The van der Waals surface area contributed by atoms with Crippen LogP contribution in [0.2, 0.25) is 0 Å². The van der Waals surface area contributed by atoms with Gasteiger partial charge in [0.15, 0.2) is 0 Å². The summed E-state index contributed by atoms with van der Waals surface area (Å²) in [7, 11) is 0. The van der Waals surface area contributed by atoms with Gasteiger partial charge in [0.25, 0.3) is 5.91 Å². The van der Waals surface area contributed by atoms with Crippen molar-refractivity contribution in [1.82, 2.24) is 9.88 Å². The van der Waals surface area contributed by atoms with E-state index < -0.39 is 0 Å². The molecule has 3 rings (SSSR count). The van der Waals surface area contributed by atoms with Crippen molar-refractivity contribution in [3.63, 3.8) is 0 Å². The van der Waals surface area contributed by atoms with Gasteiger partial charge >= 0.3 is 0 Å². The zero-order chi connectivity index (χ0) is 15.5. The van der Waals surface area contributed by atoms with Crippen molar-refractivity contribution < 1.29 is 9.90 Å². The molecule has 0 unspecified atom stereocenters. The van der Waals surface area contributed by atoms with Gasteiger partial charge in [-0.05, 0) is 43.7 Å². The third kappa shape index (κ3) is 3.09. The highest BCUT2D eigenvalue weighted by atomic mass is 16.3. The summed E-state index contributed by atoms with van der Waals surface area (Å²) in [6.07, 6.45) is 5.94. The van der Waals surface area contributed by atoms with Crippen LogP contribution in [0.3, 0.4) is 0 Å². The minimum atomic E-state index is -0.0317. The number of likely N-dealkylation sites (tertiary alicyclic amines) is 1. The van der Waals surface area contributed by atoms with Crippen LogP contribution in [0.5, 0.6) is 0 Å². The van der Waals surface area contributed by atoms with Gasteiger partial charge in [0, 0.05) is 25.8 Å². The molecule has 120 valence electrons. The lowest BCUT2D eigenvalue weighted by molar-refractivity contribution is 0.0677. The summed E-state index contributed by atoms with van der Waals surface area (Å²) in [5.41, 5.74) is 0.620. The Morgan fingerprint density at radius 1 is 1.27 bits per heavy atom. The molecule has 5 heteroatoms. The molecule has 1 aromatic heterocycles. The molecule has 1 amide bonds. The van der Waals surface area contributed by atoms with Crippen LogP contribution in [0.25, 0.3) is 0 Å². The van der Waals surface area contributed by atoms with Gasteiger partial charge < -0.3 is 14.9 Å². The standard InChI is InChI=1S/C17H25N3O2/c1-13-6-9-19(10-7-13)16-5-4-14(11-18-16)17(22)20-8-2-3-15(20)12-21/h4-5,11,13,15,21H,2-3,6-10,12H2,1H3/t15-/m1/s1. The number of nitrogens with zero attached hydrogens (tertiary/aromatic N) is 3. The van der Waals surface area contributed by atoms with Gasteiger partial charge in [-0.3, -0.25) is 4.79 Å². The van der Waals surface area contributed by atoms with E-state index in [2.05, 4.69) is 16.8 Å². The van der Waals surface area contributed by atoms with Gasteiger partial charge in [0.05, 0.1) is 18.2 Å². The van der Waals surface area contributed by atoms with E-state index in [4.69, 9.17) is 0 Å². The van der Waals surface area contributed by atoms with Crippen LogP contribution in [0.4, 0.5) is 5.82 Å². The molecular weight excluding hydrogens is 278 g/mol. The van der Waals surface area contributed by atoms with Gasteiger partial charge in [-0.25, -0.2) is 4.98 Å². The molecule has 2 fully saturated rings. The van der Waals surface area contributed by atoms with Crippen LogP contribution in [0, 0.1) is 5.92 Å². The average molecular weight is 303 g/mol. The Morgan fingerprint density at radius 3 is 2.68 bits per heavy atom. The fourth-order valence-electron chi connectivity index (χ4n) is 3.40. The van der Waals surface area contributed by atoms with Gasteiger partial charge in [-0.1, -0.05) is 6.92 Å². The molecule has 0 aliphatic carbocycles. The van der Waals surface area contributed by atoms with E-state index in [0.717, 1.165) is 44.2 Å². The third-order valence-corrected chi connectivity index (χ3v) is 4.95. The molecule has 0 saturated carbocycles. The molecule has 0 spiro atoms. The summed E-state index contributed by atoms with van der Waals surface area (Å²) in [6.45, 7) is 5.15. The maximum atomic E-state index is 12.5. The Bertz CT molecular complexity index is 509. The summed E-state index contributed by atoms with van der Waals surface area (Å²) in [5.74, 6) is 1.74. The van der Waals surface area contributed by atoms with E-state index in [1.54, 1.807) is 11.1 Å². The monoisotopic (exact) mass is 303 g/mol. The summed E-state index contributed by atoms with van der Waals surface area (Å²) in [6, 6.07) is 3.79. The smallest absolute Gasteiger partial charge is 0.255 e. The number of rotatable bonds is 3. The SMILES string of the molecule is CC1CCN(c2ccc(C(=O)N3CCC[C@@H]3CO)cn2)CC1. The molecule has 2 aliphatic rings. The van der Waals surface area contributed by atoms with Crippen molar-refractivity contribution in [2.75, 3.05) is 31.1 Å².